The van der Waals surface area contributed by atoms with E-state index in [2.05, 4.69) is 20.3 Å². The van der Waals surface area contributed by atoms with Crippen LogP contribution in [-0.4, -0.2) is 26.6 Å². The molecule has 0 radical (unpaired) electrons. The summed E-state index contributed by atoms with van der Waals surface area (Å²) in [5, 5.41) is 5.89. The highest BCUT2D eigenvalue weighted by Crippen LogP contribution is 2.33. The summed E-state index contributed by atoms with van der Waals surface area (Å²) >= 11 is 0.233. The number of aryl methyl sites for hydroxylation is 2. The molecule has 0 amide bonds. The topological polar surface area (TPSA) is 83.0 Å². The van der Waals surface area contributed by atoms with Gasteiger partial charge in [0.15, 0.2) is 20.7 Å². The van der Waals surface area contributed by atoms with Gasteiger partial charge in [0.1, 0.15) is 5.75 Å². The second-order valence-corrected chi connectivity index (χ2v) is 8.91. The van der Waals surface area contributed by atoms with Crippen molar-refractivity contribution in [1.29, 1.82) is 0 Å². The zero-order valence-corrected chi connectivity index (χ0v) is 18.4. The number of methoxy groups -OCH3 is 1. The van der Waals surface area contributed by atoms with Gasteiger partial charge in [-0.1, -0.05) is 0 Å². The third-order valence-electron chi connectivity index (χ3n) is 4.52. The summed E-state index contributed by atoms with van der Waals surface area (Å²) < 4.78 is 18.4. The predicted octanol–water partition coefficient (Wildman–Crippen LogP) is 5.14. The van der Waals surface area contributed by atoms with Gasteiger partial charge >= 0.3 is 0 Å². The van der Waals surface area contributed by atoms with Crippen LogP contribution in [-0.2, 0) is 11.2 Å². The van der Waals surface area contributed by atoms with Gasteiger partial charge in [-0.05, 0) is 50.2 Å². The molecule has 0 aliphatic rings. The molecule has 0 saturated carbocycles. The first kappa shape index (κ1) is 20.3. The van der Waals surface area contributed by atoms with Crippen molar-refractivity contribution in [3.05, 3.63) is 71.5 Å². The molecule has 30 heavy (non-hydrogen) atoms. The summed E-state index contributed by atoms with van der Waals surface area (Å²) in [6, 6.07) is 11.4. The van der Waals surface area contributed by atoms with E-state index >= 15 is 0 Å². The lowest BCUT2D eigenvalue weighted by Gasteiger charge is -2.16. The van der Waals surface area contributed by atoms with E-state index in [9.17, 15) is 4.55 Å². The quantitative estimate of drug-likeness (QED) is 0.422. The van der Waals surface area contributed by atoms with E-state index < -0.39 is 11.2 Å². The van der Waals surface area contributed by atoms with Crippen molar-refractivity contribution in [3.63, 3.8) is 0 Å². The molecule has 4 rings (SSSR count). The minimum Gasteiger partial charge on any atom is -0.606 e. The van der Waals surface area contributed by atoms with Crippen LogP contribution in [0.2, 0.25) is 0 Å². The predicted molar refractivity (Wildman–Crippen MR) is 120 cm³/mol. The molecule has 152 valence electrons. The van der Waals surface area contributed by atoms with Gasteiger partial charge in [0.25, 0.3) is 0 Å². The number of ether oxygens (including phenoxy) is 1. The summed E-state index contributed by atoms with van der Waals surface area (Å²) in [6.07, 6.45) is 4.91. The molecule has 0 fully saturated rings. The number of anilines is 2. The second kappa shape index (κ2) is 8.83. The Morgan fingerprint density at radius 3 is 2.43 bits per heavy atom. The molecule has 2 heterocycles. The van der Waals surface area contributed by atoms with E-state index in [0.717, 1.165) is 43.1 Å². The fraction of sp³-hybridized carbons (Fsp3) is 0.136. The molecule has 1 unspecified atom stereocenters. The Balaban J connectivity index is 1.59. The number of benzene rings is 2. The first-order valence-corrected chi connectivity index (χ1v) is 11.2. The lowest BCUT2D eigenvalue weighted by Crippen LogP contribution is -2.07. The Morgan fingerprint density at radius 1 is 1.07 bits per heavy atom. The average Bonchev–Trinajstić information content (AvgIpc) is 3.22. The first-order valence-electron chi connectivity index (χ1n) is 9.21. The molecule has 2 aromatic carbocycles. The largest absolute Gasteiger partial charge is 0.606 e. The summed E-state index contributed by atoms with van der Waals surface area (Å²) in [5.41, 5.74) is 3.79. The maximum atomic E-state index is 13.2. The highest BCUT2D eigenvalue weighted by atomic mass is 32.2. The number of nitrogens with zero attached hydrogens (tertiary/aromatic N) is 3. The number of nitrogens with one attached hydrogen (secondary N) is 1. The van der Waals surface area contributed by atoms with Crippen molar-refractivity contribution >= 4 is 33.5 Å². The fourth-order valence-electron chi connectivity index (χ4n) is 3.14. The van der Waals surface area contributed by atoms with Crippen LogP contribution >= 0.6 is 11.3 Å². The Kier molecular flexibility index (Phi) is 5.98. The number of hydrogen-bond acceptors (Lipinski definition) is 7. The van der Waals surface area contributed by atoms with Crippen molar-refractivity contribution < 1.29 is 9.29 Å². The lowest BCUT2D eigenvalue weighted by molar-refractivity contribution is 0.414. The SMILES string of the molecule is COc1ccc([S+]([O-])c2c(C)cc(-c3csc(Nc4cnccn4)n3)cc2C)cc1. The highest BCUT2D eigenvalue weighted by Gasteiger charge is 2.22. The van der Waals surface area contributed by atoms with Crippen LogP contribution in [0.5, 0.6) is 5.75 Å². The molecule has 8 heteroatoms. The molecule has 0 spiro atoms. The van der Waals surface area contributed by atoms with Crippen molar-refractivity contribution in [3.8, 4) is 17.0 Å². The fourth-order valence-corrected chi connectivity index (χ4v) is 5.19. The van der Waals surface area contributed by atoms with Gasteiger partial charge in [-0.15, -0.1) is 11.3 Å². The molecule has 0 bridgehead atoms. The van der Waals surface area contributed by atoms with Crippen molar-refractivity contribution in [2.45, 2.75) is 23.6 Å². The molecule has 1 atom stereocenters. The molecule has 0 aliphatic heterocycles. The van der Waals surface area contributed by atoms with Crippen molar-refractivity contribution in [2.75, 3.05) is 12.4 Å². The van der Waals surface area contributed by atoms with E-state index in [4.69, 9.17) is 4.74 Å². The van der Waals surface area contributed by atoms with E-state index in [1.165, 1.54) is 11.3 Å². The maximum absolute atomic E-state index is 13.2. The summed E-state index contributed by atoms with van der Waals surface area (Å²) in [4.78, 5) is 14.5. The van der Waals surface area contributed by atoms with Crippen LogP contribution < -0.4 is 10.1 Å². The Hall–Kier alpha value is -2.94. The molecule has 0 aliphatic carbocycles. The number of hydrogen-bond donors (Lipinski definition) is 1. The van der Waals surface area contributed by atoms with E-state index in [1.807, 2.05) is 55.6 Å². The van der Waals surface area contributed by atoms with Crippen LogP contribution in [0.4, 0.5) is 10.9 Å². The molecule has 6 nitrogen and oxygen atoms in total. The molecule has 4 aromatic rings. The number of thiazole rings is 1. The lowest BCUT2D eigenvalue weighted by atomic mass is 10.1. The van der Waals surface area contributed by atoms with Gasteiger partial charge in [-0.2, -0.15) is 0 Å². The molecule has 0 saturated heterocycles. The Morgan fingerprint density at radius 2 is 1.80 bits per heavy atom. The minimum absolute atomic E-state index is 0.649. The summed E-state index contributed by atoms with van der Waals surface area (Å²) in [5.74, 6) is 1.39. The van der Waals surface area contributed by atoms with Crippen molar-refractivity contribution in [1.82, 2.24) is 15.0 Å². The van der Waals surface area contributed by atoms with Crippen LogP contribution in [0.15, 0.2) is 70.2 Å². The van der Waals surface area contributed by atoms with Gasteiger partial charge in [-0.3, -0.25) is 4.98 Å². The van der Waals surface area contributed by atoms with E-state index in [1.54, 1.807) is 25.7 Å². The third-order valence-corrected chi connectivity index (χ3v) is 6.99. The number of rotatable bonds is 6. The van der Waals surface area contributed by atoms with Gasteiger partial charge in [0.2, 0.25) is 0 Å². The molecule has 1 N–H and O–H groups in total. The normalized spacial score (nSPS) is 11.9. The number of aromatic nitrogens is 3. The van der Waals surface area contributed by atoms with Gasteiger partial charge in [-0.25, -0.2) is 9.97 Å². The van der Waals surface area contributed by atoms with Crippen LogP contribution in [0.25, 0.3) is 11.3 Å². The second-order valence-electron chi connectivity index (χ2n) is 6.64. The highest BCUT2D eigenvalue weighted by molar-refractivity contribution is 7.91. The van der Waals surface area contributed by atoms with Gasteiger partial charge in [0, 0.05) is 45.6 Å². The summed E-state index contributed by atoms with van der Waals surface area (Å²) in [6.45, 7) is 3.97. The summed E-state index contributed by atoms with van der Waals surface area (Å²) in [7, 11) is 1.62. The van der Waals surface area contributed by atoms with E-state index in [-0.39, 0.29) is 0 Å². The minimum atomic E-state index is -1.27. The first-order chi connectivity index (χ1) is 14.5. The standard InChI is InChI=1S/C22H20N4O2S2/c1-14-10-16(19-13-29-22(25-19)26-20-12-23-8-9-24-20)11-15(2)21(14)30(27)18-6-4-17(28-3)5-7-18/h4-13H,1-3H3,(H,24,25,26). The Labute approximate surface area is 182 Å². The van der Waals surface area contributed by atoms with E-state index in [0.29, 0.717) is 5.82 Å². The van der Waals surface area contributed by atoms with Crippen LogP contribution in [0.1, 0.15) is 11.1 Å². The average molecular weight is 437 g/mol. The third kappa shape index (κ3) is 4.30. The molecular weight excluding hydrogens is 416 g/mol. The zero-order chi connectivity index (χ0) is 21.1. The Bertz CT molecular complexity index is 1120. The van der Waals surface area contributed by atoms with Crippen LogP contribution in [0, 0.1) is 13.8 Å². The van der Waals surface area contributed by atoms with Gasteiger partial charge in [0.05, 0.1) is 19.0 Å². The smallest absolute Gasteiger partial charge is 0.188 e. The van der Waals surface area contributed by atoms with Gasteiger partial charge < -0.3 is 14.6 Å². The maximum Gasteiger partial charge on any atom is 0.188 e. The molecular formula is C22H20N4O2S2. The zero-order valence-electron chi connectivity index (χ0n) is 16.7. The molecule has 2 aromatic heterocycles. The monoisotopic (exact) mass is 436 g/mol. The van der Waals surface area contributed by atoms with Crippen molar-refractivity contribution in [2.24, 2.45) is 0 Å². The van der Waals surface area contributed by atoms with Crippen LogP contribution in [0.3, 0.4) is 0 Å².